The van der Waals surface area contributed by atoms with Gasteiger partial charge in [0.05, 0.1) is 6.61 Å². The molecule has 1 aliphatic rings. The summed E-state index contributed by atoms with van der Waals surface area (Å²) in [5.41, 5.74) is 4.01. The Kier molecular flexibility index (Phi) is 3.88. The van der Waals surface area contributed by atoms with Crippen LogP contribution in [-0.4, -0.2) is 19.1 Å². The number of hydrogen-bond acceptors (Lipinski definition) is 3. The number of benzene rings is 2. The van der Waals surface area contributed by atoms with Crippen molar-refractivity contribution in [1.29, 1.82) is 0 Å². The average molecular weight is 282 g/mol. The van der Waals surface area contributed by atoms with Gasteiger partial charge >= 0.3 is 0 Å². The van der Waals surface area contributed by atoms with Gasteiger partial charge in [-0.15, -0.1) is 0 Å². The molecule has 1 atom stereocenters. The van der Waals surface area contributed by atoms with Crippen LogP contribution in [0.2, 0.25) is 0 Å². The Balaban J connectivity index is 1.71. The largest absolute Gasteiger partial charge is 0.380 e. The lowest BCUT2D eigenvalue weighted by Crippen LogP contribution is -2.33. The lowest BCUT2D eigenvalue weighted by molar-refractivity contribution is -0.116. The van der Waals surface area contributed by atoms with Crippen LogP contribution in [0.5, 0.6) is 0 Å². The number of para-hydroxylation sites is 2. The summed E-state index contributed by atoms with van der Waals surface area (Å²) in [6, 6.07) is 15.5. The zero-order valence-electron chi connectivity index (χ0n) is 11.9. The highest BCUT2D eigenvalue weighted by molar-refractivity contribution is 5.98. The molecule has 3 rings (SSSR count). The summed E-state index contributed by atoms with van der Waals surface area (Å²) in [6.45, 7) is 0.481. The molecule has 4 heteroatoms. The van der Waals surface area contributed by atoms with Crippen LogP contribution in [-0.2, 0) is 22.6 Å². The van der Waals surface area contributed by atoms with Crippen LogP contribution < -0.4 is 10.6 Å². The topological polar surface area (TPSA) is 50.4 Å². The summed E-state index contributed by atoms with van der Waals surface area (Å²) < 4.78 is 5.16. The third kappa shape index (κ3) is 2.90. The monoisotopic (exact) mass is 282 g/mol. The summed E-state index contributed by atoms with van der Waals surface area (Å²) in [6.07, 6.45) is 0.717. The van der Waals surface area contributed by atoms with E-state index in [1.54, 1.807) is 7.11 Å². The molecule has 21 heavy (non-hydrogen) atoms. The van der Waals surface area contributed by atoms with E-state index in [2.05, 4.69) is 16.7 Å². The van der Waals surface area contributed by atoms with Crippen LogP contribution >= 0.6 is 0 Å². The number of amides is 1. The smallest absolute Gasteiger partial charge is 0.247 e. The molecule has 0 saturated carbocycles. The maximum atomic E-state index is 12.4. The van der Waals surface area contributed by atoms with Crippen molar-refractivity contribution in [2.75, 3.05) is 17.7 Å². The minimum atomic E-state index is -0.224. The molecule has 1 heterocycles. The normalized spacial score (nSPS) is 16.1. The molecule has 4 nitrogen and oxygen atoms in total. The van der Waals surface area contributed by atoms with Crippen LogP contribution in [0.25, 0.3) is 0 Å². The predicted octanol–water partition coefficient (Wildman–Crippen LogP) is 2.81. The van der Waals surface area contributed by atoms with E-state index in [4.69, 9.17) is 4.74 Å². The minimum Gasteiger partial charge on any atom is -0.380 e. The lowest BCUT2D eigenvalue weighted by atomic mass is 10.1. The second-order valence-electron chi connectivity index (χ2n) is 5.14. The third-order valence-corrected chi connectivity index (χ3v) is 3.66. The maximum Gasteiger partial charge on any atom is 0.247 e. The lowest BCUT2D eigenvalue weighted by Gasteiger charge is -2.14. The molecular weight excluding hydrogens is 264 g/mol. The molecule has 1 unspecified atom stereocenters. The van der Waals surface area contributed by atoms with Gasteiger partial charge < -0.3 is 15.4 Å². The van der Waals surface area contributed by atoms with Crippen molar-refractivity contribution >= 4 is 17.3 Å². The molecule has 0 bridgehead atoms. The first-order valence-corrected chi connectivity index (χ1v) is 7.00. The van der Waals surface area contributed by atoms with Crippen molar-refractivity contribution in [3.05, 3.63) is 59.7 Å². The molecule has 0 aromatic heterocycles. The van der Waals surface area contributed by atoms with Crippen molar-refractivity contribution in [2.24, 2.45) is 0 Å². The molecular formula is C17H18N2O2. The van der Waals surface area contributed by atoms with Crippen LogP contribution in [0.4, 0.5) is 11.4 Å². The van der Waals surface area contributed by atoms with Gasteiger partial charge in [0.25, 0.3) is 0 Å². The van der Waals surface area contributed by atoms with E-state index in [1.165, 1.54) is 5.56 Å². The van der Waals surface area contributed by atoms with Crippen LogP contribution in [0.15, 0.2) is 48.5 Å². The van der Waals surface area contributed by atoms with E-state index in [0.717, 1.165) is 16.9 Å². The van der Waals surface area contributed by atoms with Crippen molar-refractivity contribution < 1.29 is 9.53 Å². The number of methoxy groups -OCH3 is 1. The van der Waals surface area contributed by atoms with Gasteiger partial charge in [-0.3, -0.25) is 4.79 Å². The maximum absolute atomic E-state index is 12.4. The average Bonchev–Trinajstić information content (AvgIpc) is 2.93. The molecule has 1 aliphatic heterocycles. The number of anilines is 2. The van der Waals surface area contributed by atoms with Crippen molar-refractivity contribution in [3.63, 3.8) is 0 Å². The number of carbonyl (C=O) groups excluding carboxylic acids is 1. The zero-order chi connectivity index (χ0) is 14.7. The van der Waals surface area contributed by atoms with Gasteiger partial charge in [0.1, 0.15) is 6.04 Å². The molecule has 2 N–H and O–H groups in total. The Morgan fingerprint density at radius 3 is 2.81 bits per heavy atom. The second kappa shape index (κ2) is 5.97. The quantitative estimate of drug-likeness (QED) is 0.906. The highest BCUT2D eigenvalue weighted by Gasteiger charge is 2.26. The second-order valence-corrected chi connectivity index (χ2v) is 5.14. The van der Waals surface area contributed by atoms with Crippen molar-refractivity contribution in [1.82, 2.24) is 0 Å². The number of fused-ring (bicyclic) bond motifs is 1. The van der Waals surface area contributed by atoms with E-state index in [0.29, 0.717) is 13.0 Å². The first-order valence-electron chi connectivity index (χ1n) is 7.00. The summed E-state index contributed by atoms with van der Waals surface area (Å²) in [7, 11) is 1.65. The molecule has 2 aromatic carbocycles. The Morgan fingerprint density at radius 1 is 1.24 bits per heavy atom. The van der Waals surface area contributed by atoms with Crippen molar-refractivity contribution in [2.45, 2.75) is 19.1 Å². The predicted molar refractivity (Wildman–Crippen MR) is 83.3 cm³/mol. The van der Waals surface area contributed by atoms with Crippen LogP contribution in [0.1, 0.15) is 11.1 Å². The summed E-state index contributed by atoms with van der Waals surface area (Å²) in [5, 5.41) is 6.25. The molecule has 0 radical (unpaired) electrons. The van der Waals surface area contributed by atoms with Gasteiger partial charge in [0, 0.05) is 30.5 Å². The number of rotatable bonds is 4. The van der Waals surface area contributed by atoms with E-state index < -0.39 is 0 Å². The number of hydrogen-bond donors (Lipinski definition) is 2. The summed E-state index contributed by atoms with van der Waals surface area (Å²) in [4.78, 5) is 12.4. The van der Waals surface area contributed by atoms with Gasteiger partial charge in [-0.2, -0.15) is 0 Å². The standard InChI is InChI=1S/C17H18N2O2/c1-21-11-13-7-3-5-9-15(13)19-17(20)16-10-12-6-2-4-8-14(12)18-16/h2-9,16,18H,10-11H2,1H3,(H,19,20). The van der Waals surface area contributed by atoms with Gasteiger partial charge in [-0.1, -0.05) is 36.4 Å². The first-order chi connectivity index (χ1) is 10.3. The molecule has 0 spiro atoms. The van der Waals surface area contributed by atoms with Crippen molar-refractivity contribution in [3.8, 4) is 0 Å². The van der Waals surface area contributed by atoms with E-state index >= 15 is 0 Å². The Labute approximate surface area is 124 Å². The number of nitrogens with one attached hydrogen (secondary N) is 2. The first kappa shape index (κ1) is 13.6. The molecule has 1 amide bonds. The fraction of sp³-hybridized carbons (Fsp3) is 0.235. The van der Waals surface area contributed by atoms with E-state index in [-0.39, 0.29) is 11.9 Å². The van der Waals surface area contributed by atoms with Gasteiger partial charge in [-0.05, 0) is 17.7 Å². The zero-order valence-corrected chi connectivity index (χ0v) is 11.9. The Bertz CT molecular complexity index is 630. The van der Waals surface area contributed by atoms with Gasteiger partial charge in [0.2, 0.25) is 5.91 Å². The Hall–Kier alpha value is -2.33. The van der Waals surface area contributed by atoms with E-state index in [1.807, 2.05) is 42.5 Å². The highest BCUT2D eigenvalue weighted by Crippen LogP contribution is 2.26. The van der Waals surface area contributed by atoms with Crippen LogP contribution in [0.3, 0.4) is 0 Å². The van der Waals surface area contributed by atoms with Crippen LogP contribution in [0, 0.1) is 0 Å². The summed E-state index contributed by atoms with van der Waals surface area (Å²) >= 11 is 0. The molecule has 108 valence electrons. The minimum absolute atomic E-state index is 0.0187. The van der Waals surface area contributed by atoms with Gasteiger partial charge in [-0.25, -0.2) is 0 Å². The highest BCUT2D eigenvalue weighted by atomic mass is 16.5. The third-order valence-electron chi connectivity index (χ3n) is 3.66. The van der Waals surface area contributed by atoms with E-state index in [9.17, 15) is 4.79 Å². The fourth-order valence-corrected chi connectivity index (χ4v) is 2.60. The molecule has 0 saturated heterocycles. The number of carbonyl (C=O) groups is 1. The SMILES string of the molecule is COCc1ccccc1NC(=O)C1Cc2ccccc2N1. The number of ether oxygens (including phenoxy) is 1. The Morgan fingerprint density at radius 2 is 2.00 bits per heavy atom. The summed E-state index contributed by atoms with van der Waals surface area (Å²) in [5.74, 6) is -0.0187. The molecule has 0 aliphatic carbocycles. The molecule has 0 fully saturated rings. The fourth-order valence-electron chi connectivity index (χ4n) is 2.60. The van der Waals surface area contributed by atoms with Gasteiger partial charge in [0.15, 0.2) is 0 Å². The molecule has 2 aromatic rings.